The van der Waals surface area contributed by atoms with Crippen molar-refractivity contribution in [3.8, 4) is 0 Å². The molecule has 2 aromatic carbocycles. The standard InChI is InChI=1S/C58H89N8O11P/c1-7-9-11-13-14-15-16-17-18-19-20-21-22-23-28-54(67)74-43-46(45-77-78(71,72)76-40-38-66(4,5)6)44-75-55(68)35-37-65(52-27-24-25-36-60-52)57(69)48-31-34-51-50(41-48)62-53(64(51)3)42-61-49-32-29-47(30-33-49)56(59)63-58(70)73-39-26-12-10-8-2/h24-25,27,29-34,36,41,46H,7-23,26,28,35,37-40,42-45H2,1-6H3,(H3-,59,61,63,70,71,72)/p+1. The monoisotopic (exact) mass is 1110 g/mol. The van der Waals surface area contributed by atoms with Gasteiger partial charge < -0.3 is 39.2 Å². The zero-order valence-corrected chi connectivity index (χ0v) is 48.4. The van der Waals surface area contributed by atoms with Crippen molar-refractivity contribution in [3.05, 3.63) is 83.8 Å². The Hall–Kier alpha value is -5.72. The molecule has 0 fully saturated rings. The number of esters is 2. The fourth-order valence-electron chi connectivity index (χ4n) is 8.40. The fraction of sp³-hybridized carbons (Fsp3) is 0.603. The number of likely N-dealkylation sites (N-methyl/N-ethyl adjacent to an activating group) is 1. The number of carbonyl (C=O) groups is 4. The minimum Gasteiger partial charge on any atom is -0.465 e. The van der Waals surface area contributed by atoms with Crippen molar-refractivity contribution in [1.82, 2.24) is 14.5 Å². The Morgan fingerprint density at radius 1 is 0.731 bits per heavy atom. The SMILES string of the molecule is CCCCCCCCCCCCCCCCC(=O)OCC(COC(=O)CCN(C(=O)c1ccc2c(c1)nc(CNc1ccc(/C(N)=N/C(=O)OCCCCCC)cc1)n2C)c1ccccn1)COP(=O)(O)OCC[N+](C)(C)C. The number of nitrogens with one attached hydrogen (secondary N) is 1. The highest BCUT2D eigenvalue weighted by Crippen LogP contribution is 2.43. The number of pyridine rings is 1. The molecule has 0 saturated carbocycles. The van der Waals surface area contributed by atoms with Gasteiger partial charge in [0.05, 0.1) is 77.5 Å². The third-order valence-electron chi connectivity index (χ3n) is 13.2. The van der Waals surface area contributed by atoms with Crippen LogP contribution >= 0.6 is 7.82 Å². The van der Waals surface area contributed by atoms with Crippen LogP contribution in [0.3, 0.4) is 0 Å². The Morgan fingerprint density at radius 3 is 1.92 bits per heavy atom. The molecule has 19 nitrogen and oxygen atoms in total. The zero-order valence-electron chi connectivity index (χ0n) is 47.5. The third kappa shape index (κ3) is 25.8. The lowest BCUT2D eigenvalue weighted by atomic mass is 10.0. The van der Waals surface area contributed by atoms with Gasteiger partial charge in [-0.2, -0.15) is 4.99 Å². The number of rotatable bonds is 40. The van der Waals surface area contributed by atoms with E-state index in [9.17, 15) is 28.6 Å². The number of amides is 2. The van der Waals surface area contributed by atoms with Crippen LogP contribution in [-0.2, 0) is 51.0 Å². The first kappa shape index (κ1) is 64.8. The number of quaternary nitrogens is 1. The molecule has 0 spiro atoms. The van der Waals surface area contributed by atoms with Gasteiger partial charge in [-0.1, -0.05) is 123 Å². The molecule has 432 valence electrons. The number of aromatic nitrogens is 3. The van der Waals surface area contributed by atoms with Crippen LogP contribution in [-0.4, -0.2) is 121 Å². The van der Waals surface area contributed by atoms with Crippen molar-refractivity contribution in [3.63, 3.8) is 0 Å². The van der Waals surface area contributed by atoms with E-state index in [-0.39, 0.29) is 51.6 Å². The van der Waals surface area contributed by atoms with Gasteiger partial charge in [0.15, 0.2) is 0 Å². The number of ether oxygens (including phenoxy) is 3. The molecule has 0 aliphatic carbocycles. The summed E-state index contributed by atoms with van der Waals surface area (Å²) in [7, 11) is 3.16. The predicted molar refractivity (Wildman–Crippen MR) is 306 cm³/mol. The number of benzene rings is 2. The van der Waals surface area contributed by atoms with Crippen molar-refractivity contribution in [1.29, 1.82) is 0 Å². The summed E-state index contributed by atoms with van der Waals surface area (Å²) in [6.45, 7) is 4.45. The summed E-state index contributed by atoms with van der Waals surface area (Å²) in [6, 6.07) is 17.5. The number of fused-ring (bicyclic) bond motifs is 1. The van der Waals surface area contributed by atoms with Crippen LogP contribution in [0.1, 0.15) is 164 Å². The van der Waals surface area contributed by atoms with Gasteiger partial charge in [0.2, 0.25) is 0 Å². The summed E-state index contributed by atoms with van der Waals surface area (Å²) in [5, 5.41) is 3.35. The third-order valence-corrected chi connectivity index (χ3v) is 14.2. The number of unbranched alkanes of at least 4 members (excludes halogenated alkanes) is 16. The summed E-state index contributed by atoms with van der Waals surface area (Å²) >= 11 is 0. The topological polar surface area (TPSA) is 236 Å². The van der Waals surface area contributed by atoms with E-state index in [0.717, 1.165) is 56.1 Å². The lowest BCUT2D eigenvalue weighted by Crippen LogP contribution is -2.37. The fourth-order valence-corrected chi connectivity index (χ4v) is 9.18. The summed E-state index contributed by atoms with van der Waals surface area (Å²) in [5.41, 5.74) is 9.13. The molecule has 4 aromatic rings. The lowest BCUT2D eigenvalue weighted by Gasteiger charge is -2.24. The van der Waals surface area contributed by atoms with Crippen LogP contribution in [0.25, 0.3) is 11.0 Å². The number of nitrogens with zero attached hydrogens (tertiary/aromatic N) is 6. The highest BCUT2D eigenvalue weighted by Gasteiger charge is 2.27. The maximum Gasteiger partial charge on any atom is 0.472 e. The first-order valence-corrected chi connectivity index (χ1v) is 29.7. The predicted octanol–water partition coefficient (Wildman–Crippen LogP) is 11.5. The number of carbonyl (C=O) groups excluding carboxylic acids is 4. The van der Waals surface area contributed by atoms with E-state index in [2.05, 4.69) is 29.1 Å². The van der Waals surface area contributed by atoms with E-state index in [4.69, 9.17) is 34.0 Å². The van der Waals surface area contributed by atoms with Crippen LogP contribution in [0.4, 0.5) is 16.3 Å². The number of nitrogens with two attached hydrogens (primary N) is 1. The van der Waals surface area contributed by atoms with Gasteiger partial charge in [0.1, 0.15) is 30.6 Å². The number of hydrogen-bond donors (Lipinski definition) is 3. The number of amidine groups is 1. The van der Waals surface area contributed by atoms with Crippen LogP contribution in [0.15, 0.2) is 71.9 Å². The van der Waals surface area contributed by atoms with Crippen molar-refractivity contribution in [2.75, 3.05) is 77.5 Å². The van der Waals surface area contributed by atoms with E-state index < -0.39 is 37.7 Å². The van der Waals surface area contributed by atoms with E-state index in [1.165, 1.54) is 69.1 Å². The molecular formula is C58H90N8O11P+. The average Bonchev–Trinajstić information content (AvgIpc) is 3.75. The number of imidazole rings is 1. The van der Waals surface area contributed by atoms with Gasteiger partial charge in [0, 0.05) is 43.0 Å². The molecule has 2 atom stereocenters. The largest absolute Gasteiger partial charge is 0.472 e. The molecule has 78 heavy (non-hydrogen) atoms. The van der Waals surface area contributed by atoms with Gasteiger partial charge >= 0.3 is 25.9 Å². The first-order chi connectivity index (χ1) is 37.5. The summed E-state index contributed by atoms with van der Waals surface area (Å²) in [5.74, 6) is -1.21. The molecular weight excluding hydrogens is 1020 g/mol. The number of phosphoric acid groups is 1. The molecule has 2 unspecified atom stereocenters. The molecule has 0 bridgehead atoms. The second-order valence-electron chi connectivity index (χ2n) is 21.0. The van der Waals surface area contributed by atoms with Gasteiger partial charge in [0.25, 0.3) is 5.91 Å². The van der Waals surface area contributed by atoms with E-state index in [0.29, 0.717) is 58.9 Å². The van der Waals surface area contributed by atoms with Crippen LogP contribution < -0.4 is 16.0 Å². The quantitative estimate of drug-likeness (QED) is 0.00714. The highest BCUT2D eigenvalue weighted by molar-refractivity contribution is 7.47. The molecule has 20 heteroatoms. The second kappa shape index (κ2) is 35.7. The molecule has 4 N–H and O–H groups in total. The summed E-state index contributed by atoms with van der Waals surface area (Å²) < 4.78 is 42.1. The summed E-state index contributed by atoms with van der Waals surface area (Å²) in [4.78, 5) is 77.6. The molecule has 0 aliphatic heterocycles. The molecule has 0 radical (unpaired) electrons. The summed E-state index contributed by atoms with van der Waals surface area (Å²) in [6.07, 6.45) is 21.6. The van der Waals surface area contributed by atoms with Gasteiger partial charge in [-0.25, -0.2) is 19.3 Å². The minimum atomic E-state index is -4.49. The van der Waals surface area contributed by atoms with E-state index in [1.54, 1.807) is 48.7 Å². The maximum absolute atomic E-state index is 14.3. The second-order valence-corrected chi connectivity index (χ2v) is 22.4. The minimum absolute atomic E-state index is 0.0301. The van der Waals surface area contributed by atoms with Crippen molar-refractivity contribution in [2.24, 2.45) is 23.7 Å². The number of anilines is 2. The van der Waals surface area contributed by atoms with E-state index >= 15 is 0 Å². The zero-order chi connectivity index (χ0) is 56.6. The molecule has 2 heterocycles. The van der Waals surface area contributed by atoms with Crippen molar-refractivity contribution >= 4 is 60.1 Å². The number of phosphoric ester groups is 1. The first-order valence-electron chi connectivity index (χ1n) is 28.3. The van der Waals surface area contributed by atoms with Crippen LogP contribution in [0.5, 0.6) is 0 Å². The Kier molecular flexibility index (Phi) is 29.7. The van der Waals surface area contributed by atoms with Crippen molar-refractivity contribution in [2.45, 2.75) is 149 Å². The molecule has 0 saturated heterocycles. The van der Waals surface area contributed by atoms with E-state index in [1.807, 2.05) is 51.0 Å². The lowest BCUT2D eigenvalue weighted by molar-refractivity contribution is -0.870. The Bertz CT molecular complexity index is 2480. The Balaban J connectivity index is 1.31. The van der Waals surface area contributed by atoms with Gasteiger partial charge in [-0.3, -0.25) is 28.3 Å². The number of aryl methyl sites for hydroxylation is 1. The molecule has 4 rings (SSSR count). The van der Waals surface area contributed by atoms with Gasteiger partial charge in [-0.15, -0.1) is 0 Å². The van der Waals surface area contributed by atoms with Gasteiger partial charge in [-0.05, 0) is 67.4 Å². The Labute approximate surface area is 463 Å². The normalized spacial score (nSPS) is 13.0. The number of aliphatic imine (C=N–C) groups is 1. The number of hydrogen-bond acceptors (Lipinski definition) is 13. The average molecular weight is 1110 g/mol. The van der Waals surface area contributed by atoms with Crippen molar-refractivity contribution < 1.29 is 56.4 Å². The molecule has 0 aliphatic rings. The molecule has 2 aromatic heterocycles. The maximum atomic E-state index is 14.3. The van der Waals surface area contributed by atoms with Crippen LogP contribution in [0.2, 0.25) is 0 Å². The smallest absolute Gasteiger partial charge is 0.465 e. The van der Waals surface area contributed by atoms with Crippen LogP contribution in [0, 0.1) is 5.92 Å². The highest BCUT2D eigenvalue weighted by atomic mass is 31.2. The Morgan fingerprint density at radius 2 is 1.32 bits per heavy atom. The molecule has 2 amide bonds.